The first-order chi connectivity index (χ1) is 10.6. The summed E-state index contributed by atoms with van der Waals surface area (Å²) in [6.45, 7) is 3.39. The predicted octanol–water partition coefficient (Wildman–Crippen LogP) is 3.28. The van der Waals surface area contributed by atoms with E-state index in [-0.39, 0.29) is 17.7 Å². The van der Waals surface area contributed by atoms with Gasteiger partial charge in [0.15, 0.2) is 0 Å². The van der Waals surface area contributed by atoms with E-state index in [4.69, 9.17) is 0 Å². The number of carbonyl (C=O) groups excluding carboxylic acids is 1. The van der Waals surface area contributed by atoms with Crippen LogP contribution in [-0.2, 0) is 4.79 Å². The van der Waals surface area contributed by atoms with Crippen LogP contribution in [0.4, 0.5) is 8.78 Å². The number of carboxylic acid groups (broad SMARTS) is 1. The molecule has 1 atom stereocenters. The van der Waals surface area contributed by atoms with E-state index in [1.807, 2.05) is 6.92 Å². The third kappa shape index (κ3) is 4.64. The van der Waals surface area contributed by atoms with Crippen LogP contribution in [0.3, 0.4) is 0 Å². The topological polar surface area (TPSA) is 75.6 Å². The van der Waals surface area contributed by atoms with Crippen molar-refractivity contribution in [3.8, 4) is 5.75 Å². The first-order valence-electron chi connectivity index (χ1n) is 7.22. The molecular formula is C16H21F2NO4. The van der Waals surface area contributed by atoms with Gasteiger partial charge in [0, 0.05) is 5.56 Å². The number of carboxylic acids is 1. The Hall–Kier alpha value is -2.18. The van der Waals surface area contributed by atoms with Gasteiger partial charge in [0.2, 0.25) is 0 Å². The molecule has 0 spiro atoms. The average Bonchev–Trinajstić information content (AvgIpc) is 2.42. The minimum absolute atomic E-state index is 0.0195. The monoisotopic (exact) mass is 329 g/mol. The van der Waals surface area contributed by atoms with Crippen LogP contribution in [0.25, 0.3) is 0 Å². The largest absolute Gasteiger partial charge is 0.480 e. The summed E-state index contributed by atoms with van der Waals surface area (Å²) < 4.78 is 29.2. The highest BCUT2D eigenvalue weighted by Crippen LogP contribution is 2.27. The van der Waals surface area contributed by atoms with E-state index in [2.05, 4.69) is 10.1 Å². The molecule has 0 aliphatic heterocycles. The summed E-state index contributed by atoms with van der Waals surface area (Å²) in [6, 6.07) is 2.79. The van der Waals surface area contributed by atoms with Crippen LogP contribution < -0.4 is 10.1 Å². The van der Waals surface area contributed by atoms with Crippen LogP contribution in [0.15, 0.2) is 12.1 Å². The van der Waals surface area contributed by atoms with Gasteiger partial charge in [0.1, 0.15) is 11.3 Å². The Morgan fingerprint density at radius 2 is 1.83 bits per heavy atom. The number of benzene rings is 1. The lowest BCUT2D eigenvalue weighted by molar-refractivity contribution is -0.144. The molecular weight excluding hydrogens is 308 g/mol. The molecule has 1 rings (SSSR count). The van der Waals surface area contributed by atoms with Gasteiger partial charge in [-0.25, -0.2) is 4.79 Å². The van der Waals surface area contributed by atoms with E-state index in [1.54, 1.807) is 13.8 Å². The van der Waals surface area contributed by atoms with Crippen molar-refractivity contribution < 1.29 is 28.2 Å². The zero-order valence-corrected chi connectivity index (χ0v) is 13.6. The van der Waals surface area contributed by atoms with Crippen molar-refractivity contribution >= 4 is 11.9 Å². The van der Waals surface area contributed by atoms with Crippen molar-refractivity contribution in [2.45, 2.75) is 52.7 Å². The SMILES string of the molecule is CCCC(C)(NC(=O)c1cc(C)c(OC(F)F)c(C)c1)C(=O)O. The fourth-order valence-corrected chi connectivity index (χ4v) is 2.40. The third-order valence-electron chi connectivity index (χ3n) is 3.54. The number of amides is 1. The fourth-order valence-electron chi connectivity index (χ4n) is 2.40. The predicted molar refractivity (Wildman–Crippen MR) is 81.0 cm³/mol. The summed E-state index contributed by atoms with van der Waals surface area (Å²) in [5.41, 5.74) is -0.428. The first-order valence-corrected chi connectivity index (χ1v) is 7.22. The van der Waals surface area contributed by atoms with E-state index in [0.29, 0.717) is 17.5 Å². The molecule has 7 heteroatoms. The van der Waals surface area contributed by atoms with Crippen LogP contribution in [0, 0.1) is 13.8 Å². The lowest BCUT2D eigenvalue weighted by atomic mass is 9.95. The van der Waals surface area contributed by atoms with Gasteiger partial charge >= 0.3 is 12.6 Å². The summed E-state index contributed by atoms with van der Waals surface area (Å²) in [5, 5.41) is 11.8. The van der Waals surface area contributed by atoms with Gasteiger partial charge < -0.3 is 15.2 Å². The summed E-state index contributed by atoms with van der Waals surface area (Å²) in [7, 11) is 0. The van der Waals surface area contributed by atoms with Crippen LogP contribution in [0.2, 0.25) is 0 Å². The summed E-state index contributed by atoms with van der Waals surface area (Å²) in [5.74, 6) is -1.68. The Morgan fingerprint density at radius 3 is 2.22 bits per heavy atom. The van der Waals surface area contributed by atoms with E-state index < -0.39 is 24.0 Å². The van der Waals surface area contributed by atoms with Crippen molar-refractivity contribution in [2.75, 3.05) is 0 Å². The Bertz CT molecular complexity index is 581. The molecule has 0 radical (unpaired) electrons. The summed E-state index contributed by atoms with van der Waals surface area (Å²) in [6.07, 6.45) is 0.862. The minimum atomic E-state index is -2.95. The zero-order valence-electron chi connectivity index (χ0n) is 13.6. The van der Waals surface area contributed by atoms with Crippen LogP contribution in [0.5, 0.6) is 5.75 Å². The number of rotatable bonds is 7. The van der Waals surface area contributed by atoms with Crippen molar-refractivity contribution in [3.63, 3.8) is 0 Å². The van der Waals surface area contributed by atoms with Gasteiger partial charge in [-0.05, 0) is 50.5 Å². The number of ether oxygens (including phenoxy) is 1. The van der Waals surface area contributed by atoms with Crippen LogP contribution >= 0.6 is 0 Å². The number of alkyl halides is 2. The fraction of sp³-hybridized carbons (Fsp3) is 0.500. The number of halogens is 2. The highest BCUT2D eigenvalue weighted by atomic mass is 19.3. The van der Waals surface area contributed by atoms with Crippen molar-refractivity contribution in [3.05, 3.63) is 28.8 Å². The number of aryl methyl sites for hydroxylation is 2. The number of hydrogen-bond acceptors (Lipinski definition) is 3. The first kappa shape index (κ1) is 18.9. The molecule has 0 saturated heterocycles. The zero-order chi connectivity index (χ0) is 17.8. The van der Waals surface area contributed by atoms with E-state index in [0.717, 1.165) is 0 Å². The van der Waals surface area contributed by atoms with Crippen LogP contribution in [0.1, 0.15) is 48.2 Å². The molecule has 0 aromatic heterocycles. The maximum atomic E-state index is 12.4. The van der Waals surface area contributed by atoms with Gasteiger partial charge in [-0.1, -0.05) is 13.3 Å². The maximum Gasteiger partial charge on any atom is 0.387 e. The Balaban J connectivity index is 3.07. The molecule has 1 amide bonds. The Kier molecular flexibility index (Phi) is 6.06. The molecule has 0 fully saturated rings. The van der Waals surface area contributed by atoms with Crippen molar-refractivity contribution in [2.24, 2.45) is 0 Å². The van der Waals surface area contributed by atoms with Crippen molar-refractivity contribution in [1.82, 2.24) is 5.32 Å². The lowest BCUT2D eigenvalue weighted by Crippen LogP contribution is -2.52. The van der Waals surface area contributed by atoms with E-state index in [9.17, 15) is 23.5 Å². The van der Waals surface area contributed by atoms with Gasteiger partial charge in [-0.2, -0.15) is 8.78 Å². The Labute approximate surface area is 133 Å². The second-order valence-electron chi connectivity index (χ2n) is 5.66. The lowest BCUT2D eigenvalue weighted by Gasteiger charge is -2.26. The second-order valence-corrected chi connectivity index (χ2v) is 5.66. The minimum Gasteiger partial charge on any atom is -0.480 e. The molecule has 1 unspecified atom stereocenters. The van der Waals surface area contributed by atoms with Gasteiger partial charge in [0.05, 0.1) is 0 Å². The highest BCUT2D eigenvalue weighted by Gasteiger charge is 2.34. The number of hydrogen-bond donors (Lipinski definition) is 2. The van der Waals surface area contributed by atoms with Gasteiger partial charge in [-0.15, -0.1) is 0 Å². The van der Waals surface area contributed by atoms with E-state index in [1.165, 1.54) is 19.1 Å². The number of carbonyl (C=O) groups is 2. The molecule has 128 valence electrons. The van der Waals surface area contributed by atoms with Crippen molar-refractivity contribution in [1.29, 1.82) is 0 Å². The Morgan fingerprint density at radius 1 is 1.30 bits per heavy atom. The van der Waals surface area contributed by atoms with Crippen LogP contribution in [-0.4, -0.2) is 29.1 Å². The summed E-state index contributed by atoms with van der Waals surface area (Å²) in [4.78, 5) is 23.7. The molecule has 0 heterocycles. The summed E-state index contributed by atoms with van der Waals surface area (Å²) >= 11 is 0. The maximum absolute atomic E-state index is 12.4. The number of aliphatic carboxylic acids is 1. The van der Waals surface area contributed by atoms with Gasteiger partial charge in [-0.3, -0.25) is 4.79 Å². The van der Waals surface area contributed by atoms with E-state index >= 15 is 0 Å². The molecule has 23 heavy (non-hydrogen) atoms. The molecule has 0 aliphatic carbocycles. The average molecular weight is 329 g/mol. The molecule has 1 aromatic rings. The standard InChI is InChI=1S/C16H21F2NO4/c1-5-6-16(4,14(21)22)19-13(20)11-7-9(2)12(10(3)8-11)23-15(17)18/h7-8,15H,5-6H2,1-4H3,(H,19,20)(H,21,22). The second kappa shape index (κ2) is 7.39. The third-order valence-corrected chi connectivity index (χ3v) is 3.54. The molecule has 1 aromatic carbocycles. The normalized spacial score (nSPS) is 13.5. The molecule has 0 aliphatic rings. The van der Waals surface area contributed by atoms with Gasteiger partial charge in [0.25, 0.3) is 5.91 Å². The molecule has 0 bridgehead atoms. The quantitative estimate of drug-likeness (QED) is 0.805. The number of nitrogens with one attached hydrogen (secondary N) is 1. The smallest absolute Gasteiger partial charge is 0.387 e. The highest BCUT2D eigenvalue weighted by molar-refractivity contribution is 5.98. The molecule has 2 N–H and O–H groups in total. The molecule has 0 saturated carbocycles. The molecule has 5 nitrogen and oxygen atoms in total.